The van der Waals surface area contributed by atoms with E-state index in [1.165, 1.54) is 6.26 Å². The summed E-state index contributed by atoms with van der Waals surface area (Å²) >= 11 is 0. The molecule has 94 valence electrons. The highest BCUT2D eigenvalue weighted by Gasteiger charge is 2.21. The molecule has 1 atom stereocenters. The highest BCUT2D eigenvalue weighted by atomic mass is 16.4. The fraction of sp³-hybridized carbons (Fsp3) is 0.182. The van der Waals surface area contributed by atoms with Gasteiger partial charge in [0.1, 0.15) is 5.76 Å². The molecule has 18 heavy (non-hydrogen) atoms. The molecule has 7 heteroatoms. The first-order chi connectivity index (χ1) is 8.59. The lowest BCUT2D eigenvalue weighted by Gasteiger charge is -2.10. The van der Waals surface area contributed by atoms with Gasteiger partial charge in [-0.05, 0) is 19.1 Å². The van der Waals surface area contributed by atoms with Crippen LogP contribution in [-0.4, -0.2) is 27.0 Å². The zero-order valence-corrected chi connectivity index (χ0v) is 9.51. The molecule has 0 aromatic carbocycles. The van der Waals surface area contributed by atoms with Crippen LogP contribution in [0, 0.1) is 0 Å². The number of rotatable bonds is 4. The van der Waals surface area contributed by atoms with Gasteiger partial charge in [-0.2, -0.15) is 0 Å². The Morgan fingerprint density at radius 3 is 2.94 bits per heavy atom. The highest BCUT2D eigenvalue weighted by molar-refractivity contribution is 6.02. The van der Waals surface area contributed by atoms with Crippen LogP contribution in [0.1, 0.15) is 39.7 Å². The van der Waals surface area contributed by atoms with Crippen LogP contribution in [0.5, 0.6) is 0 Å². The molecule has 2 heterocycles. The molecule has 0 unspecified atom stereocenters. The number of aromatic amines is 1. The summed E-state index contributed by atoms with van der Waals surface area (Å²) in [5.41, 5.74) is -0.389. The van der Waals surface area contributed by atoms with E-state index in [1.807, 2.05) is 0 Å². The van der Waals surface area contributed by atoms with Crippen molar-refractivity contribution < 1.29 is 19.1 Å². The number of amides is 1. The number of furan rings is 1. The number of carbonyl (C=O) groups excluding carboxylic acids is 1. The summed E-state index contributed by atoms with van der Waals surface area (Å²) < 4.78 is 5.13. The van der Waals surface area contributed by atoms with Gasteiger partial charge in [0.25, 0.3) is 5.91 Å². The van der Waals surface area contributed by atoms with Gasteiger partial charge in [0.15, 0.2) is 11.4 Å². The first kappa shape index (κ1) is 11.9. The Morgan fingerprint density at radius 2 is 2.33 bits per heavy atom. The Kier molecular flexibility index (Phi) is 3.13. The normalized spacial score (nSPS) is 12.1. The molecule has 1 amide bonds. The lowest BCUT2D eigenvalue weighted by molar-refractivity contribution is 0.0684. The third-order valence-electron chi connectivity index (χ3n) is 2.39. The van der Waals surface area contributed by atoms with E-state index in [9.17, 15) is 9.59 Å². The van der Waals surface area contributed by atoms with Crippen molar-refractivity contribution in [1.29, 1.82) is 0 Å². The number of carboxylic acid groups (broad SMARTS) is 1. The zero-order valence-electron chi connectivity index (χ0n) is 9.51. The van der Waals surface area contributed by atoms with Crippen molar-refractivity contribution in [2.24, 2.45) is 0 Å². The van der Waals surface area contributed by atoms with Crippen LogP contribution in [0.25, 0.3) is 0 Å². The minimum Gasteiger partial charge on any atom is -0.477 e. The zero-order chi connectivity index (χ0) is 13.1. The molecule has 0 aliphatic rings. The van der Waals surface area contributed by atoms with E-state index < -0.39 is 11.9 Å². The summed E-state index contributed by atoms with van der Waals surface area (Å²) in [5, 5.41) is 11.5. The van der Waals surface area contributed by atoms with Crippen molar-refractivity contribution in [2.75, 3.05) is 0 Å². The maximum absolute atomic E-state index is 11.8. The minimum atomic E-state index is -1.23. The van der Waals surface area contributed by atoms with Crippen LogP contribution in [0.2, 0.25) is 0 Å². The number of nitrogens with one attached hydrogen (secondary N) is 2. The maximum atomic E-state index is 11.8. The summed E-state index contributed by atoms with van der Waals surface area (Å²) in [6.07, 6.45) is 2.66. The molecule has 0 aliphatic heterocycles. The fourth-order valence-corrected chi connectivity index (χ4v) is 1.50. The molecule has 2 aromatic heterocycles. The molecule has 3 N–H and O–H groups in total. The quantitative estimate of drug-likeness (QED) is 0.754. The molecule has 0 bridgehead atoms. The number of nitrogens with zero attached hydrogens (tertiary/aromatic N) is 1. The second-order valence-electron chi connectivity index (χ2n) is 3.64. The maximum Gasteiger partial charge on any atom is 0.354 e. The lowest BCUT2D eigenvalue weighted by Crippen LogP contribution is -2.28. The second kappa shape index (κ2) is 4.74. The highest BCUT2D eigenvalue weighted by Crippen LogP contribution is 2.13. The summed E-state index contributed by atoms with van der Waals surface area (Å²) in [6, 6.07) is 3.05. The van der Waals surface area contributed by atoms with E-state index in [2.05, 4.69) is 15.3 Å². The molecule has 0 saturated heterocycles. The average molecular weight is 249 g/mol. The third kappa shape index (κ3) is 2.24. The van der Waals surface area contributed by atoms with Crippen molar-refractivity contribution >= 4 is 11.9 Å². The number of imidazole rings is 1. The van der Waals surface area contributed by atoms with E-state index in [0.717, 1.165) is 6.33 Å². The van der Waals surface area contributed by atoms with Crippen molar-refractivity contribution in [3.8, 4) is 0 Å². The smallest absolute Gasteiger partial charge is 0.354 e. The predicted octanol–water partition coefficient (Wildman–Crippen LogP) is 1.19. The van der Waals surface area contributed by atoms with Gasteiger partial charge in [0.2, 0.25) is 0 Å². The monoisotopic (exact) mass is 249 g/mol. The van der Waals surface area contributed by atoms with Crippen LogP contribution in [0.4, 0.5) is 0 Å². The number of aromatic nitrogens is 2. The molecule has 0 spiro atoms. The van der Waals surface area contributed by atoms with E-state index in [-0.39, 0.29) is 17.4 Å². The topological polar surface area (TPSA) is 108 Å². The van der Waals surface area contributed by atoms with E-state index in [4.69, 9.17) is 9.52 Å². The fourth-order valence-electron chi connectivity index (χ4n) is 1.50. The Labute approximate surface area is 102 Å². The Bertz CT molecular complexity index is 559. The largest absolute Gasteiger partial charge is 0.477 e. The number of hydrogen-bond donors (Lipinski definition) is 3. The predicted molar refractivity (Wildman–Crippen MR) is 60.1 cm³/mol. The molecule has 2 aromatic rings. The van der Waals surface area contributed by atoms with Gasteiger partial charge < -0.3 is 19.8 Å². The van der Waals surface area contributed by atoms with Crippen LogP contribution in [-0.2, 0) is 0 Å². The number of hydrogen-bond acceptors (Lipinski definition) is 4. The Hall–Kier alpha value is -2.57. The number of aromatic carboxylic acids is 1. The van der Waals surface area contributed by atoms with Crippen molar-refractivity contribution in [3.63, 3.8) is 0 Å². The molecule has 2 rings (SSSR count). The number of carboxylic acids is 1. The summed E-state index contributed by atoms with van der Waals surface area (Å²) in [5.74, 6) is -1.23. The molecular weight excluding hydrogens is 238 g/mol. The summed E-state index contributed by atoms with van der Waals surface area (Å²) in [6.45, 7) is 1.73. The summed E-state index contributed by atoms with van der Waals surface area (Å²) in [7, 11) is 0. The van der Waals surface area contributed by atoms with Gasteiger partial charge in [-0.1, -0.05) is 0 Å². The average Bonchev–Trinajstić information content (AvgIpc) is 3.00. The SMILES string of the molecule is C[C@@H](NC(=O)c1nc[nH]c1C(=O)O)c1ccco1. The van der Waals surface area contributed by atoms with Crippen molar-refractivity contribution in [2.45, 2.75) is 13.0 Å². The van der Waals surface area contributed by atoms with Gasteiger partial charge in [-0.25, -0.2) is 9.78 Å². The van der Waals surface area contributed by atoms with Crippen LogP contribution in [0.3, 0.4) is 0 Å². The Morgan fingerprint density at radius 1 is 1.56 bits per heavy atom. The van der Waals surface area contributed by atoms with E-state index in [1.54, 1.807) is 19.1 Å². The molecule has 0 aliphatic carbocycles. The van der Waals surface area contributed by atoms with Crippen molar-refractivity contribution in [1.82, 2.24) is 15.3 Å². The first-order valence-electron chi connectivity index (χ1n) is 5.20. The minimum absolute atomic E-state index is 0.152. The Balaban J connectivity index is 2.13. The molecule has 0 saturated carbocycles. The molecule has 7 nitrogen and oxygen atoms in total. The third-order valence-corrected chi connectivity index (χ3v) is 2.39. The van der Waals surface area contributed by atoms with Crippen molar-refractivity contribution in [3.05, 3.63) is 41.9 Å². The lowest BCUT2D eigenvalue weighted by atomic mass is 10.2. The second-order valence-corrected chi connectivity index (χ2v) is 3.64. The van der Waals surface area contributed by atoms with Crippen LogP contribution >= 0.6 is 0 Å². The number of carbonyl (C=O) groups is 2. The molecular formula is C11H11N3O4. The van der Waals surface area contributed by atoms with Gasteiger partial charge in [0, 0.05) is 0 Å². The van der Waals surface area contributed by atoms with Gasteiger partial charge in [-0.15, -0.1) is 0 Å². The first-order valence-corrected chi connectivity index (χ1v) is 5.20. The molecule has 0 radical (unpaired) electrons. The van der Waals surface area contributed by atoms with E-state index in [0.29, 0.717) is 5.76 Å². The van der Waals surface area contributed by atoms with Gasteiger partial charge in [-0.3, -0.25) is 4.79 Å². The van der Waals surface area contributed by atoms with Gasteiger partial charge >= 0.3 is 5.97 Å². The van der Waals surface area contributed by atoms with Crippen LogP contribution < -0.4 is 5.32 Å². The molecule has 0 fully saturated rings. The van der Waals surface area contributed by atoms with Gasteiger partial charge in [0.05, 0.1) is 18.6 Å². The van der Waals surface area contributed by atoms with Crippen LogP contribution in [0.15, 0.2) is 29.1 Å². The van der Waals surface area contributed by atoms with E-state index >= 15 is 0 Å². The summed E-state index contributed by atoms with van der Waals surface area (Å²) in [4.78, 5) is 28.8. The number of H-pyrrole nitrogens is 1. The standard InChI is InChI=1S/C11H11N3O4/c1-6(7-3-2-4-18-7)14-10(15)8-9(11(16)17)13-5-12-8/h2-6H,1H3,(H,12,13)(H,14,15)(H,16,17)/t6-/m1/s1.